The van der Waals surface area contributed by atoms with Crippen LogP contribution in [0.25, 0.3) is 0 Å². The Morgan fingerprint density at radius 3 is 2.63 bits per heavy atom. The van der Waals surface area contributed by atoms with Crippen molar-refractivity contribution in [3.05, 3.63) is 18.0 Å². The fraction of sp³-hybridized carbons (Fsp3) is 0.583. The molecule has 0 spiro atoms. The number of rotatable bonds is 6. The number of nitrogens with zero attached hydrogens (tertiary/aromatic N) is 4. The van der Waals surface area contributed by atoms with E-state index in [-0.39, 0.29) is 19.0 Å². The van der Waals surface area contributed by atoms with E-state index in [1.165, 1.54) is 4.90 Å². The van der Waals surface area contributed by atoms with Crippen LogP contribution in [0.2, 0.25) is 0 Å². The fourth-order valence-electron chi connectivity index (χ4n) is 1.76. The second-order valence-electron chi connectivity index (χ2n) is 4.38. The first kappa shape index (κ1) is 15.0. The van der Waals surface area contributed by atoms with Crippen molar-refractivity contribution in [2.45, 2.75) is 19.9 Å². The molecule has 0 saturated heterocycles. The van der Waals surface area contributed by atoms with Crippen molar-refractivity contribution in [3.8, 4) is 0 Å². The Labute approximate surface area is 112 Å². The third kappa shape index (κ3) is 4.61. The lowest BCUT2D eigenvalue weighted by Gasteiger charge is -2.26. The van der Waals surface area contributed by atoms with Crippen molar-refractivity contribution in [3.63, 3.8) is 0 Å². The minimum absolute atomic E-state index is 0.0414. The summed E-state index contributed by atoms with van der Waals surface area (Å²) >= 11 is 0. The molecule has 0 aliphatic carbocycles. The third-order valence-electron chi connectivity index (χ3n) is 2.75. The first-order chi connectivity index (χ1) is 8.93. The van der Waals surface area contributed by atoms with Crippen molar-refractivity contribution in [1.82, 2.24) is 19.6 Å². The molecule has 0 fully saturated rings. The Bertz CT molecular complexity index is 444. The number of carboxylic acid groups (broad SMARTS) is 1. The van der Waals surface area contributed by atoms with Crippen molar-refractivity contribution >= 4 is 12.0 Å². The van der Waals surface area contributed by atoms with Gasteiger partial charge >= 0.3 is 12.0 Å². The Morgan fingerprint density at radius 1 is 1.47 bits per heavy atom. The van der Waals surface area contributed by atoms with E-state index in [1.807, 2.05) is 20.2 Å². The summed E-state index contributed by atoms with van der Waals surface area (Å²) in [6.45, 7) is 3.00. The predicted octanol–water partition coefficient (Wildman–Crippen LogP) is 0.768. The summed E-state index contributed by atoms with van der Waals surface area (Å²) in [5, 5.41) is 12.7. The molecule has 1 heterocycles. The van der Waals surface area contributed by atoms with Crippen molar-refractivity contribution in [2.75, 3.05) is 20.1 Å². The second kappa shape index (κ2) is 6.77. The summed E-state index contributed by atoms with van der Waals surface area (Å²) < 4.78 is 1.68. The maximum Gasteiger partial charge on any atom is 0.320 e. The van der Waals surface area contributed by atoms with Crippen LogP contribution in [0.4, 0.5) is 4.79 Å². The van der Waals surface area contributed by atoms with E-state index in [0.29, 0.717) is 13.1 Å². The van der Waals surface area contributed by atoms with Gasteiger partial charge in [-0.3, -0.25) is 9.48 Å². The van der Waals surface area contributed by atoms with Crippen molar-refractivity contribution in [2.24, 2.45) is 7.05 Å². The van der Waals surface area contributed by atoms with E-state index in [2.05, 4.69) is 5.10 Å². The van der Waals surface area contributed by atoms with Crippen LogP contribution in [-0.4, -0.2) is 56.8 Å². The van der Waals surface area contributed by atoms with E-state index < -0.39 is 5.97 Å². The second-order valence-corrected chi connectivity index (χ2v) is 4.38. The van der Waals surface area contributed by atoms with Gasteiger partial charge in [0.2, 0.25) is 0 Å². The van der Waals surface area contributed by atoms with E-state index in [0.717, 1.165) is 5.56 Å². The van der Waals surface area contributed by atoms with Crippen molar-refractivity contribution < 1.29 is 14.7 Å². The lowest BCUT2D eigenvalue weighted by atomic mass is 10.3. The highest BCUT2D eigenvalue weighted by atomic mass is 16.4. The molecular formula is C12H20N4O3. The molecule has 1 N–H and O–H groups in total. The fourth-order valence-corrected chi connectivity index (χ4v) is 1.76. The Hall–Kier alpha value is -2.05. The zero-order valence-electron chi connectivity index (χ0n) is 11.5. The van der Waals surface area contributed by atoms with Crippen LogP contribution in [0.3, 0.4) is 0 Å². The molecule has 0 saturated carbocycles. The molecule has 0 aromatic carbocycles. The minimum atomic E-state index is -0.902. The number of aromatic nitrogens is 2. The monoisotopic (exact) mass is 268 g/mol. The number of carbonyl (C=O) groups is 2. The van der Waals surface area contributed by atoms with Gasteiger partial charge in [0.05, 0.1) is 19.2 Å². The molecule has 0 atom stereocenters. The highest BCUT2D eigenvalue weighted by molar-refractivity contribution is 5.75. The topological polar surface area (TPSA) is 78.7 Å². The van der Waals surface area contributed by atoms with Gasteiger partial charge in [0.15, 0.2) is 0 Å². The van der Waals surface area contributed by atoms with E-state index in [9.17, 15) is 9.59 Å². The van der Waals surface area contributed by atoms with Crippen LogP contribution in [-0.2, 0) is 18.4 Å². The highest BCUT2D eigenvalue weighted by Crippen LogP contribution is 2.05. The SMILES string of the molecule is CCN(CCC(=O)O)C(=O)N(C)Cc1cnn(C)c1. The number of urea groups is 1. The third-order valence-corrected chi connectivity index (χ3v) is 2.75. The van der Waals surface area contributed by atoms with Gasteiger partial charge in [0.1, 0.15) is 0 Å². The van der Waals surface area contributed by atoms with Gasteiger partial charge in [-0.25, -0.2) is 4.79 Å². The van der Waals surface area contributed by atoms with E-state index in [4.69, 9.17) is 5.11 Å². The Kier molecular flexibility index (Phi) is 5.35. The molecule has 0 bridgehead atoms. The first-order valence-electron chi connectivity index (χ1n) is 6.13. The van der Waals surface area contributed by atoms with Crippen LogP contribution in [0.1, 0.15) is 18.9 Å². The zero-order valence-corrected chi connectivity index (χ0v) is 11.5. The van der Waals surface area contributed by atoms with Crippen LogP contribution < -0.4 is 0 Å². The molecule has 106 valence electrons. The summed E-state index contributed by atoms with van der Waals surface area (Å²) in [5.41, 5.74) is 0.938. The lowest BCUT2D eigenvalue weighted by Crippen LogP contribution is -2.41. The maximum absolute atomic E-state index is 12.1. The highest BCUT2D eigenvalue weighted by Gasteiger charge is 2.17. The molecule has 7 heteroatoms. The van der Waals surface area contributed by atoms with Crippen LogP contribution in [0.5, 0.6) is 0 Å². The average Bonchev–Trinajstić information content (AvgIpc) is 2.74. The Morgan fingerprint density at radius 2 is 2.16 bits per heavy atom. The summed E-state index contributed by atoms with van der Waals surface area (Å²) in [5.74, 6) is -0.902. The number of aryl methyl sites for hydroxylation is 1. The molecule has 0 aliphatic rings. The van der Waals surface area contributed by atoms with Crippen LogP contribution >= 0.6 is 0 Å². The molecule has 7 nitrogen and oxygen atoms in total. The van der Waals surface area contributed by atoms with Crippen LogP contribution in [0.15, 0.2) is 12.4 Å². The summed E-state index contributed by atoms with van der Waals surface area (Å²) in [7, 11) is 3.51. The van der Waals surface area contributed by atoms with Crippen molar-refractivity contribution in [1.29, 1.82) is 0 Å². The number of aliphatic carboxylic acids is 1. The largest absolute Gasteiger partial charge is 0.481 e. The van der Waals surface area contributed by atoms with Crippen LogP contribution in [0, 0.1) is 0 Å². The van der Waals surface area contributed by atoms with E-state index >= 15 is 0 Å². The molecule has 19 heavy (non-hydrogen) atoms. The normalized spacial score (nSPS) is 10.3. The molecule has 2 amide bonds. The molecule has 0 radical (unpaired) electrons. The molecule has 1 aromatic heterocycles. The zero-order chi connectivity index (χ0) is 14.4. The smallest absolute Gasteiger partial charge is 0.320 e. The molecule has 1 aromatic rings. The molecule has 0 unspecified atom stereocenters. The number of carboxylic acids is 1. The first-order valence-corrected chi connectivity index (χ1v) is 6.13. The Balaban J connectivity index is 2.56. The summed E-state index contributed by atoms with van der Waals surface area (Å²) in [6.07, 6.45) is 3.51. The van der Waals surface area contributed by atoms with Gasteiger partial charge in [0, 0.05) is 38.9 Å². The van der Waals surface area contributed by atoms with Gasteiger partial charge in [-0.1, -0.05) is 0 Å². The van der Waals surface area contributed by atoms with Gasteiger partial charge in [-0.15, -0.1) is 0 Å². The minimum Gasteiger partial charge on any atom is -0.481 e. The average molecular weight is 268 g/mol. The maximum atomic E-state index is 12.1. The standard InChI is InChI=1S/C12H20N4O3/c1-4-16(6-5-11(17)18)12(19)14(2)8-10-7-13-15(3)9-10/h7,9H,4-6,8H2,1-3H3,(H,17,18). The van der Waals surface area contributed by atoms with E-state index in [1.54, 1.807) is 22.8 Å². The van der Waals surface area contributed by atoms with Gasteiger partial charge in [-0.05, 0) is 6.92 Å². The molecule has 0 aliphatic heterocycles. The molecule has 1 rings (SSSR count). The lowest BCUT2D eigenvalue weighted by molar-refractivity contribution is -0.137. The number of carbonyl (C=O) groups excluding carboxylic acids is 1. The summed E-state index contributed by atoms with van der Waals surface area (Å²) in [4.78, 5) is 25.7. The number of hydrogen-bond donors (Lipinski definition) is 1. The predicted molar refractivity (Wildman–Crippen MR) is 69.6 cm³/mol. The summed E-state index contributed by atoms with van der Waals surface area (Å²) in [6, 6.07) is -0.174. The quantitative estimate of drug-likeness (QED) is 0.826. The van der Waals surface area contributed by atoms with Gasteiger partial charge < -0.3 is 14.9 Å². The number of amides is 2. The van der Waals surface area contributed by atoms with Gasteiger partial charge in [-0.2, -0.15) is 5.10 Å². The number of hydrogen-bond acceptors (Lipinski definition) is 3. The molecular weight excluding hydrogens is 248 g/mol. The van der Waals surface area contributed by atoms with Gasteiger partial charge in [0.25, 0.3) is 0 Å².